The molecule has 1 fully saturated rings. The first-order valence-corrected chi connectivity index (χ1v) is 9.53. The average Bonchev–Trinajstić information content (AvgIpc) is 3.05. The minimum Gasteiger partial charge on any atom is -0.507 e. The van der Waals surface area contributed by atoms with E-state index in [9.17, 15) is 25.2 Å². The summed E-state index contributed by atoms with van der Waals surface area (Å²) in [5.41, 5.74) is 3.37. The van der Waals surface area contributed by atoms with Crippen molar-refractivity contribution in [3.05, 3.63) is 39.9 Å². The fourth-order valence-electron chi connectivity index (χ4n) is 4.56. The molecule has 0 spiro atoms. The van der Waals surface area contributed by atoms with E-state index in [4.69, 9.17) is 0 Å². The average molecular weight is 376 g/mol. The fraction of sp³-hybridized carbons (Fsp3) is 0.318. The predicted octanol–water partition coefficient (Wildman–Crippen LogP) is 2.12. The standard InChI is InChI=1S/C22H21BO5/c23-18-19(25)15(20(26)22(28)21(18)27)7-6-13-8-16-11-2-1-3-12(5-4-11)17(16)9-14(13)10-24/h8-12,25-28H,1-5,23H2. The summed E-state index contributed by atoms with van der Waals surface area (Å²) in [6.45, 7) is 0. The minimum absolute atomic E-state index is 0.0226. The van der Waals surface area contributed by atoms with Crippen LogP contribution >= 0.6 is 0 Å². The molecule has 142 valence electrons. The molecule has 5 rings (SSSR count). The molecule has 2 bridgehead atoms. The van der Waals surface area contributed by atoms with Gasteiger partial charge in [0.05, 0.1) is 0 Å². The normalized spacial score (nSPS) is 20.0. The molecule has 0 aromatic heterocycles. The van der Waals surface area contributed by atoms with Gasteiger partial charge in [0.25, 0.3) is 0 Å². The van der Waals surface area contributed by atoms with Crippen LogP contribution in [0.2, 0.25) is 0 Å². The lowest BCUT2D eigenvalue weighted by atomic mass is 9.77. The van der Waals surface area contributed by atoms with Crippen molar-refractivity contribution in [2.24, 2.45) is 0 Å². The summed E-state index contributed by atoms with van der Waals surface area (Å²) < 4.78 is 0. The number of benzene rings is 2. The Morgan fingerprint density at radius 1 is 0.857 bits per heavy atom. The van der Waals surface area contributed by atoms with Crippen LogP contribution in [0.25, 0.3) is 0 Å². The number of carbonyl (C=O) groups excluding carboxylic acids is 1. The van der Waals surface area contributed by atoms with E-state index in [0.29, 0.717) is 23.0 Å². The lowest BCUT2D eigenvalue weighted by Crippen LogP contribution is -2.12. The van der Waals surface area contributed by atoms with Gasteiger partial charge in [0.1, 0.15) is 19.2 Å². The Morgan fingerprint density at radius 2 is 1.50 bits per heavy atom. The van der Waals surface area contributed by atoms with Crippen molar-refractivity contribution in [1.82, 2.24) is 0 Å². The van der Waals surface area contributed by atoms with Crippen LogP contribution in [0.5, 0.6) is 23.0 Å². The van der Waals surface area contributed by atoms with Gasteiger partial charge >= 0.3 is 0 Å². The van der Waals surface area contributed by atoms with Gasteiger partial charge in [-0.05, 0) is 66.2 Å². The van der Waals surface area contributed by atoms with Gasteiger partial charge in [0.2, 0.25) is 5.75 Å². The molecular formula is C22H21BO5. The summed E-state index contributed by atoms with van der Waals surface area (Å²) in [7, 11) is 1.41. The summed E-state index contributed by atoms with van der Waals surface area (Å²) in [4.78, 5) is 11.7. The number of hydrogen-bond acceptors (Lipinski definition) is 5. The van der Waals surface area contributed by atoms with Crippen molar-refractivity contribution in [3.63, 3.8) is 0 Å². The number of phenols is 4. The van der Waals surface area contributed by atoms with E-state index in [1.807, 2.05) is 12.1 Å². The molecule has 28 heavy (non-hydrogen) atoms. The van der Waals surface area contributed by atoms with Gasteiger partial charge in [0, 0.05) is 11.1 Å². The van der Waals surface area contributed by atoms with Crippen LogP contribution in [-0.4, -0.2) is 34.6 Å². The Morgan fingerprint density at radius 3 is 2.14 bits per heavy atom. The molecule has 0 amide bonds. The van der Waals surface area contributed by atoms with E-state index >= 15 is 0 Å². The molecule has 5 nitrogen and oxygen atoms in total. The summed E-state index contributed by atoms with van der Waals surface area (Å²) in [6, 6.07) is 3.91. The molecule has 2 unspecified atom stereocenters. The summed E-state index contributed by atoms with van der Waals surface area (Å²) in [5.74, 6) is 4.12. The van der Waals surface area contributed by atoms with Gasteiger partial charge in [-0.15, -0.1) is 0 Å². The number of aromatic hydroxyl groups is 4. The van der Waals surface area contributed by atoms with Crippen molar-refractivity contribution in [2.75, 3.05) is 0 Å². The maximum atomic E-state index is 11.7. The molecule has 1 saturated carbocycles. The van der Waals surface area contributed by atoms with Crippen LogP contribution in [0, 0.1) is 11.8 Å². The monoisotopic (exact) mass is 376 g/mol. The molecule has 4 N–H and O–H groups in total. The summed E-state index contributed by atoms with van der Waals surface area (Å²) in [5, 5.41) is 39.8. The van der Waals surface area contributed by atoms with Crippen LogP contribution < -0.4 is 5.46 Å². The van der Waals surface area contributed by atoms with E-state index in [-0.39, 0.29) is 11.0 Å². The van der Waals surface area contributed by atoms with E-state index in [1.54, 1.807) is 0 Å². The zero-order valence-electron chi connectivity index (χ0n) is 15.6. The molecule has 3 aliphatic rings. The Balaban J connectivity index is 1.85. The van der Waals surface area contributed by atoms with Gasteiger partial charge in [0.15, 0.2) is 17.8 Å². The second-order valence-corrected chi connectivity index (χ2v) is 7.73. The Labute approximate surface area is 164 Å². The molecule has 0 heterocycles. The molecule has 0 saturated heterocycles. The summed E-state index contributed by atoms with van der Waals surface area (Å²) in [6.07, 6.45) is 6.58. The maximum Gasteiger partial charge on any atom is 0.201 e. The molecular weight excluding hydrogens is 355 g/mol. The number of phenolic OH excluding ortho intramolecular Hbond substituents is 4. The van der Waals surface area contributed by atoms with Crippen LogP contribution in [0.4, 0.5) is 0 Å². The van der Waals surface area contributed by atoms with Crippen LogP contribution in [-0.2, 0) is 0 Å². The van der Waals surface area contributed by atoms with Crippen molar-refractivity contribution >= 4 is 19.6 Å². The van der Waals surface area contributed by atoms with Crippen molar-refractivity contribution in [2.45, 2.75) is 43.9 Å². The van der Waals surface area contributed by atoms with E-state index in [0.717, 1.165) is 32.0 Å². The second kappa shape index (κ2) is 6.83. The SMILES string of the molecule is Bc1c(O)c(O)c(O)c(C#Cc2cc3c(cc2C=O)C2CCCC3CC2)c1O. The Bertz CT molecular complexity index is 1010. The topological polar surface area (TPSA) is 98.0 Å². The highest BCUT2D eigenvalue weighted by Crippen LogP contribution is 2.47. The number of aldehydes is 1. The van der Waals surface area contributed by atoms with Crippen LogP contribution in [0.3, 0.4) is 0 Å². The molecule has 0 aliphatic heterocycles. The minimum atomic E-state index is -0.727. The van der Waals surface area contributed by atoms with E-state index < -0.39 is 23.0 Å². The maximum absolute atomic E-state index is 11.7. The lowest BCUT2D eigenvalue weighted by Gasteiger charge is -2.28. The fourth-order valence-corrected chi connectivity index (χ4v) is 4.56. The van der Waals surface area contributed by atoms with Crippen LogP contribution in [0.1, 0.15) is 76.6 Å². The molecule has 6 heteroatoms. The van der Waals surface area contributed by atoms with Gasteiger partial charge in [-0.25, -0.2) is 0 Å². The van der Waals surface area contributed by atoms with Gasteiger partial charge in [-0.2, -0.15) is 0 Å². The highest BCUT2D eigenvalue weighted by atomic mass is 16.3. The van der Waals surface area contributed by atoms with E-state index in [2.05, 4.69) is 11.8 Å². The quantitative estimate of drug-likeness (QED) is 0.201. The third-order valence-electron chi connectivity index (χ3n) is 6.19. The first kappa shape index (κ1) is 18.3. The highest BCUT2D eigenvalue weighted by molar-refractivity contribution is 6.37. The zero-order valence-corrected chi connectivity index (χ0v) is 15.6. The number of hydrogen-bond donors (Lipinski definition) is 4. The second-order valence-electron chi connectivity index (χ2n) is 7.73. The number of rotatable bonds is 1. The molecule has 3 aliphatic carbocycles. The van der Waals surface area contributed by atoms with Crippen molar-refractivity contribution < 1.29 is 25.2 Å². The smallest absolute Gasteiger partial charge is 0.201 e. The van der Waals surface area contributed by atoms with Crippen molar-refractivity contribution in [1.29, 1.82) is 0 Å². The van der Waals surface area contributed by atoms with Gasteiger partial charge < -0.3 is 20.4 Å². The number of fused-ring (bicyclic) bond motifs is 3. The van der Waals surface area contributed by atoms with Gasteiger partial charge in [-0.3, -0.25) is 4.79 Å². The molecule has 2 aromatic carbocycles. The Hall–Kier alpha value is -3.07. The Kier molecular flexibility index (Phi) is 4.47. The molecule has 2 atom stereocenters. The molecule has 0 radical (unpaired) electrons. The highest BCUT2D eigenvalue weighted by Gasteiger charge is 2.31. The lowest BCUT2D eigenvalue weighted by molar-refractivity contribution is 0.112. The third kappa shape index (κ3) is 2.79. The first-order chi connectivity index (χ1) is 13.4. The largest absolute Gasteiger partial charge is 0.507 e. The molecule has 2 aromatic rings. The van der Waals surface area contributed by atoms with Crippen molar-refractivity contribution in [3.8, 4) is 34.8 Å². The summed E-state index contributed by atoms with van der Waals surface area (Å²) >= 11 is 0. The predicted molar refractivity (Wildman–Crippen MR) is 108 cm³/mol. The first-order valence-electron chi connectivity index (χ1n) is 9.53. The van der Waals surface area contributed by atoms with Crippen LogP contribution in [0.15, 0.2) is 12.1 Å². The van der Waals surface area contributed by atoms with E-state index in [1.165, 1.54) is 25.4 Å². The number of carbonyl (C=O) groups is 1. The zero-order chi connectivity index (χ0) is 20.0. The van der Waals surface area contributed by atoms with Gasteiger partial charge in [-0.1, -0.05) is 18.3 Å². The third-order valence-corrected chi connectivity index (χ3v) is 6.19.